The van der Waals surface area contributed by atoms with Crippen LogP contribution in [0.5, 0.6) is 0 Å². The second-order valence-electron chi connectivity index (χ2n) is 9.44. The number of amides is 1. The number of carbonyl (C=O) groups is 1. The van der Waals surface area contributed by atoms with Crippen molar-refractivity contribution in [2.45, 2.75) is 58.4 Å². The average molecular weight is 575 g/mol. The van der Waals surface area contributed by atoms with E-state index in [1.165, 1.54) is 16.8 Å². The SMILES string of the molecule is CCc1ccc(C)nc1-n1c(-c2ccc(CCC(=O)NC(C)C(F)(F)F)cn2)c(C#N)c2cc(C(F)(F)F)cnc21. The minimum Gasteiger partial charge on any atom is -0.345 e. The minimum absolute atomic E-state index is 0.0241. The number of aryl methyl sites for hydroxylation is 3. The van der Waals surface area contributed by atoms with Gasteiger partial charge >= 0.3 is 12.4 Å². The molecule has 41 heavy (non-hydrogen) atoms. The highest BCUT2D eigenvalue weighted by Gasteiger charge is 2.37. The molecule has 0 aliphatic carbocycles. The summed E-state index contributed by atoms with van der Waals surface area (Å²) in [5, 5.41) is 12.0. The topological polar surface area (TPSA) is 96.5 Å². The van der Waals surface area contributed by atoms with E-state index in [0.717, 1.165) is 18.6 Å². The Morgan fingerprint density at radius 3 is 2.41 bits per heavy atom. The molecule has 1 atom stereocenters. The van der Waals surface area contributed by atoms with Crippen LogP contribution in [0.2, 0.25) is 0 Å². The maximum absolute atomic E-state index is 13.5. The Morgan fingerprint density at radius 1 is 1.10 bits per heavy atom. The van der Waals surface area contributed by atoms with E-state index < -0.39 is 29.9 Å². The summed E-state index contributed by atoms with van der Waals surface area (Å²) in [5.74, 6) is -0.391. The summed E-state index contributed by atoms with van der Waals surface area (Å²) in [6.07, 6.45) is -6.74. The molecule has 4 heterocycles. The molecular weight excluding hydrogens is 550 g/mol. The van der Waals surface area contributed by atoms with Crippen LogP contribution in [0.1, 0.15) is 48.2 Å². The van der Waals surface area contributed by atoms with Gasteiger partial charge in [-0.3, -0.25) is 14.3 Å². The molecule has 0 aromatic carbocycles. The molecule has 0 fully saturated rings. The number of nitriles is 1. The van der Waals surface area contributed by atoms with Gasteiger partial charge < -0.3 is 5.32 Å². The van der Waals surface area contributed by atoms with Crippen LogP contribution in [0.15, 0.2) is 42.7 Å². The van der Waals surface area contributed by atoms with E-state index in [1.54, 1.807) is 19.1 Å². The smallest absolute Gasteiger partial charge is 0.345 e. The maximum Gasteiger partial charge on any atom is 0.417 e. The Labute approximate surface area is 230 Å². The molecule has 0 saturated carbocycles. The zero-order valence-corrected chi connectivity index (χ0v) is 22.2. The molecule has 13 heteroatoms. The molecule has 4 rings (SSSR count). The first-order valence-electron chi connectivity index (χ1n) is 12.5. The Kier molecular flexibility index (Phi) is 8.05. The van der Waals surface area contributed by atoms with Crippen LogP contribution in [0.3, 0.4) is 0 Å². The van der Waals surface area contributed by atoms with E-state index in [-0.39, 0.29) is 40.8 Å². The largest absolute Gasteiger partial charge is 0.417 e. The molecule has 1 N–H and O–H groups in total. The third-order valence-corrected chi connectivity index (χ3v) is 6.51. The van der Waals surface area contributed by atoms with E-state index >= 15 is 0 Å². The lowest BCUT2D eigenvalue weighted by molar-refractivity contribution is -0.158. The van der Waals surface area contributed by atoms with Gasteiger partial charge in [0, 0.05) is 29.9 Å². The highest BCUT2D eigenvalue weighted by atomic mass is 19.4. The lowest BCUT2D eigenvalue weighted by atomic mass is 10.1. The van der Waals surface area contributed by atoms with Crippen molar-refractivity contribution < 1.29 is 31.1 Å². The summed E-state index contributed by atoms with van der Waals surface area (Å²) in [5.41, 5.74) is 1.35. The molecule has 0 radical (unpaired) electrons. The molecule has 0 aliphatic heterocycles. The lowest BCUT2D eigenvalue weighted by Crippen LogP contribution is -2.43. The molecular formula is C28H24F6N6O. The van der Waals surface area contributed by atoms with Gasteiger partial charge in [-0.25, -0.2) is 9.97 Å². The number of hydrogen-bond acceptors (Lipinski definition) is 5. The zero-order chi connectivity index (χ0) is 30.1. The number of pyridine rings is 3. The predicted molar refractivity (Wildman–Crippen MR) is 138 cm³/mol. The van der Waals surface area contributed by atoms with Gasteiger partial charge in [-0.05, 0) is 56.0 Å². The Morgan fingerprint density at radius 2 is 1.83 bits per heavy atom. The first kappa shape index (κ1) is 29.5. The molecule has 0 saturated heterocycles. The highest BCUT2D eigenvalue weighted by molar-refractivity contribution is 5.94. The molecule has 0 bridgehead atoms. The monoisotopic (exact) mass is 574 g/mol. The summed E-state index contributed by atoms with van der Waals surface area (Å²) in [6.45, 7) is 4.49. The van der Waals surface area contributed by atoms with Gasteiger partial charge in [0.1, 0.15) is 23.6 Å². The lowest BCUT2D eigenvalue weighted by Gasteiger charge is -2.17. The first-order valence-corrected chi connectivity index (χ1v) is 12.5. The second-order valence-corrected chi connectivity index (χ2v) is 9.44. The number of hydrogen-bond donors (Lipinski definition) is 1. The number of rotatable bonds is 7. The number of carbonyl (C=O) groups excluding carboxylic acids is 1. The Bertz CT molecular complexity index is 1630. The number of fused-ring (bicyclic) bond motifs is 1. The minimum atomic E-state index is -4.68. The normalized spacial score (nSPS) is 12.8. The number of aromatic nitrogens is 4. The molecule has 1 unspecified atom stereocenters. The summed E-state index contributed by atoms with van der Waals surface area (Å²) in [7, 11) is 0. The van der Waals surface area contributed by atoms with Gasteiger partial charge in [0.25, 0.3) is 0 Å². The molecule has 4 aromatic heterocycles. The van der Waals surface area contributed by atoms with E-state index in [4.69, 9.17) is 0 Å². The van der Waals surface area contributed by atoms with Crippen LogP contribution in [0.4, 0.5) is 26.3 Å². The summed E-state index contributed by atoms with van der Waals surface area (Å²) < 4.78 is 80.3. The van der Waals surface area contributed by atoms with Gasteiger partial charge in [0.15, 0.2) is 0 Å². The number of nitrogens with one attached hydrogen (secondary N) is 1. The third-order valence-electron chi connectivity index (χ3n) is 6.51. The predicted octanol–water partition coefficient (Wildman–Crippen LogP) is 6.24. The summed E-state index contributed by atoms with van der Waals surface area (Å²) >= 11 is 0. The van der Waals surface area contributed by atoms with E-state index in [1.807, 2.05) is 24.4 Å². The quantitative estimate of drug-likeness (QED) is 0.264. The second kappa shape index (κ2) is 11.2. The maximum atomic E-state index is 13.5. The van der Waals surface area contributed by atoms with E-state index in [9.17, 15) is 36.4 Å². The fraction of sp³-hybridized carbons (Fsp3) is 0.321. The van der Waals surface area contributed by atoms with Crippen molar-refractivity contribution >= 4 is 16.9 Å². The number of nitrogens with zero attached hydrogens (tertiary/aromatic N) is 5. The van der Waals surface area contributed by atoms with E-state index in [2.05, 4.69) is 15.0 Å². The third kappa shape index (κ3) is 6.16. The zero-order valence-electron chi connectivity index (χ0n) is 22.2. The molecule has 0 spiro atoms. The molecule has 214 valence electrons. The van der Waals surface area contributed by atoms with Gasteiger partial charge in [0.05, 0.1) is 22.5 Å². The van der Waals surface area contributed by atoms with Crippen molar-refractivity contribution in [3.8, 4) is 23.3 Å². The van der Waals surface area contributed by atoms with Crippen molar-refractivity contribution in [2.75, 3.05) is 0 Å². The Hall–Kier alpha value is -4.47. The van der Waals surface area contributed by atoms with Crippen LogP contribution in [0.25, 0.3) is 28.2 Å². The summed E-state index contributed by atoms with van der Waals surface area (Å²) in [6, 6.07) is 7.64. The van der Waals surface area contributed by atoms with Crippen LogP contribution < -0.4 is 5.32 Å². The van der Waals surface area contributed by atoms with Crippen LogP contribution in [-0.4, -0.2) is 37.6 Å². The molecule has 0 aliphatic rings. The average Bonchev–Trinajstić information content (AvgIpc) is 3.24. The number of alkyl halides is 6. The van der Waals surface area contributed by atoms with Crippen molar-refractivity contribution in [2.24, 2.45) is 0 Å². The van der Waals surface area contributed by atoms with Crippen LogP contribution >= 0.6 is 0 Å². The van der Waals surface area contributed by atoms with Crippen molar-refractivity contribution in [1.29, 1.82) is 5.26 Å². The van der Waals surface area contributed by atoms with Crippen molar-refractivity contribution in [1.82, 2.24) is 24.8 Å². The highest BCUT2D eigenvalue weighted by Crippen LogP contribution is 2.38. The van der Waals surface area contributed by atoms with Gasteiger partial charge in [-0.1, -0.05) is 19.1 Å². The number of halogens is 6. The van der Waals surface area contributed by atoms with E-state index in [0.29, 0.717) is 29.7 Å². The van der Waals surface area contributed by atoms with Crippen LogP contribution in [0, 0.1) is 18.3 Å². The Balaban J connectivity index is 1.80. The van der Waals surface area contributed by atoms with Crippen LogP contribution in [-0.2, 0) is 23.8 Å². The van der Waals surface area contributed by atoms with Gasteiger partial charge in [-0.2, -0.15) is 31.6 Å². The fourth-order valence-corrected chi connectivity index (χ4v) is 4.29. The molecule has 7 nitrogen and oxygen atoms in total. The summed E-state index contributed by atoms with van der Waals surface area (Å²) in [4.78, 5) is 25.1. The molecule has 1 amide bonds. The van der Waals surface area contributed by atoms with Crippen molar-refractivity contribution in [3.05, 3.63) is 70.7 Å². The fourth-order valence-electron chi connectivity index (χ4n) is 4.29. The first-order chi connectivity index (χ1) is 19.2. The van der Waals surface area contributed by atoms with Crippen molar-refractivity contribution in [3.63, 3.8) is 0 Å². The standard InChI is InChI=1S/C28H24F6N6O/c1-4-18-8-5-15(2)38-25(18)40-24(21(12-35)20-11-19(28(32,33)34)14-37-26(20)40)22-9-6-17(13-36-22)7-10-23(41)39-16(3)27(29,30)31/h5-6,8-9,11,13-14,16H,4,7,10H2,1-3H3,(H,39,41). The van der Waals surface area contributed by atoms with Gasteiger partial charge in [-0.15, -0.1) is 0 Å². The molecule has 4 aromatic rings. The van der Waals surface area contributed by atoms with Gasteiger partial charge in [0.2, 0.25) is 5.91 Å².